The molecule has 0 bridgehead atoms. The van der Waals surface area contributed by atoms with Crippen LogP contribution in [0.25, 0.3) is 0 Å². The van der Waals surface area contributed by atoms with E-state index < -0.39 is 8.11 Å². The Bertz CT molecular complexity index is 78.1. The Balaban J connectivity index is 3.53. The van der Waals surface area contributed by atoms with E-state index in [9.17, 15) is 0 Å². The van der Waals surface area contributed by atoms with Gasteiger partial charge in [0.1, 0.15) is 0 Å². The lowest BCUT2D eigenvalue weighted by atomic mass is 10.6. The summed E-state index contributed by atoms with van der Waals surface area (Å²) in [6.45, 7) is 2.12. The summed E-state index contributed by atoms with van der Waals surface area (Å²) in [5.41, 5.74) is 0. The van der Waals surface area contributed by atoms with Gasteiger partial charge in [-0.3, -0.25) is 0 Å². The van der Waals surface area contributed by atoms with Crippen molar-refractivity contribution in [2.75, 3.05) is 14.2 Å². The van der Waals surface area contributed by atoms with Gasteiger partial charge in [-0.2, -0.15) is 11.1 Å². The molecule has 0 aromatic rings. The van der Waals surface area contributed by atoms with Gasteiger partial charge in [0.15, 0.2) is 5.91 Å². The minimum atomic E-state index is -1.29. The highest BCUT2D eigenvalue weighted by Crippen LogP contribution is 2.09. The largest absolute Gasteiger partial charge is 0.358 e. The third-order valence-electron chi connectivity index (χ3n) is 1.32. The van der Waals surface area contributed by atoms with E-state index in [1.807, 2.05) is 0 Å². The second-order valence-corrected chi connectivity index (χ2v) is 5.98. The van der Waals surface area contributed by atoms with Crippen LogP contribution in [0, 0.1) is 0 Å². The van der Waals surface area contributed by atoms with Crippen LogP contribution in [0.15, 0.2) is 0 Å². The summed E-state index contributed by atoms with van der Waals surface area (Å²) in [5, 5.41) is 0. The van der Waals surface area contributed by atoms with Crippen molar-refractivity contribution in [3.8, 4) is 0 Å². The lowest BCUT2D eigenvalue weighted by Crippen LogP contribution is -2.29. The highest BCUT2D eigenvalue weighted by Gasteiger charge is 2.18. The molecule has 0 amide bonds. The molecule has 10 heavy (non-hydrogen) atoms. The summed E-state index contributed by atoms with van der Waals surface area (Å²) in [4.78, 5) is 0. The molecule has 62 valence electrons. The number of hydrogen-bond donors (Lipinski definition) is 0. The zero-order valence-corrected chi connectivity index (χ0v) is 8.67. The number of methoxy groups -OCH3 is 2. The van der Waals surface area contributed by atoms with Crippen molar-refractivity contribution in [2.45, 2.75) is 25.3 Å². The number of halogens is 1. The molecule has 4 heteroatoms. The molecule has 1 unspecified atom stereocenters. The molecule has 0 radical (unpaired) electrons. The van der Waals surface area contributed by atoms with E-state index in [4.69, 9.17) is 20.6 Å². The van der Waals surface area contributed by atoms with Gasteiger partial charge >= 0.3 is 0 Å². The molecule has 0 saturated heterocycles. The second-order valence-electron chi connectivity index (χ2n) is 2.14. The second kappa shape index (κ2) is 6.16. The highest BCUT2D eigenvalue weighted by molar-refractivity contribution is 7.07. The summed E-state index contributed by atoms with van der Waals surface area (Å²) < 4.78 is 10.0. The minimum absolute atomic E-state index is 0.124. The highest BCUT2D eigenvalue weighted by atomic mass is 35.6. The first-order valence-corrected chi connectivity index (χ1v) is 6.68. The molecule has 0 rings (SSSR count). The molecule has 0 fully saturated rings. The molecule has 0 heterocycles. The first-order chi connectivity index (χ1) is 4.76. The molecular weight excluding hydrogens is 168 g/mol. The first-order valence-electron chi connectivity index (χ1n) is 3.45. The summed E-state index contributed by atoms with van der Waals surface area (Å²) in [7, 11) is 1.97. The average Bonchev–Trinajstić information content (AvgIpc) is 1.91. The van der Waals surface area contributed by atoms with Gasteiger partial charge in [0.05, 0.1) is 0 Å². The van der Waals surface area contributed by atoms with Crippen molar-refractivity contribution in [3.05, 3.63) is 0 Å². The van der Waals surface area contributed by atoms with Crippen molar-refractivity contribution >= 4 is 19.2 Å². The van der Waals surface area contributed by atoms with Crippen LogP contribution in [0.2, 0.25) is 6.04 Å². The normalized spacial score (nSPS) is 14.1. The first kappa shape index (κ1) is 10.4. The van der Waals surface area contributed by atoms with E-state index in [1.165, 1.54) is 0 Å². The monoisotopic (exact) mass is 182 g/mol. The van der Waals surface area contributed by atoms with E-state index in [1.54, 1.807) is 14.2 Å². The topological polar surface area (TPSA) is 18.5 Å². The van der Waals surface area contributed by atoms with Crippen LogP contribution in [0.4, 0.5) is 0 Å². The van der Waals surface area contributed by atoms with Crippen LogP contribution < -0.4 is 0 Å². The Morgan fingerprint density at radius 2 is 1.90 bits per heavy atom. The van der Waals surface area contributed by atoms with Gasteiger partial charge in [0, 0.05) is 14.2 Å². The van der Waals surface area contributed by atoms with Gasteiger partial charge in [-0.1, -0.05) is 13.3 Å². The zero-order valence-electron chi connectivity index (χ0n) is 6.76. The standard InChI is InChI=1S/C6H15ClO2Si/c1-4-5-10(7)6(8-2)9-3/h6,10H,4-5H2,1-3H3. The van der Waals surface area contributed by atoms with Gasteiger partial charge < -0.3 is 9.47 Å². The van der Waals surface area contributed by atoms with Crippen molar-refractivity contribution in [2.24, 2.45) is 0 Å². The van der Waals surface area contributed by atoms with Gasteiger partial charge in [-0.05, 0) is 6.04 Å². The van der Waals surface area contributed by atoms with Crippen LogP contribution in [0.1, 0.15) is 13.3 Å². The number of rotatable bonds is 5. The van der Waals surface area contributed by atoms with Crippen LogP contribution in [0.5, 0.6) is 0 Å². The fourth-order valence-corrected chi connectivity index (χ4v) is 3.49. The molecule has 0 aliphatic rings. The Morgan fingerprint density at radius 1 is 1.40 bits per heavy atom. The van der Waals surface area contributed by atoms with Crippen LogP contribution >= 0.6 is 11.1 Å². The fraction of sp³-hybridized carbons (Fsp3) is 1.00. The van der Waals surface area contributed by atoms with Crippen molar-refractivity contribution in [3.63, 3.8) is 0 Å². The third-order valence-corrected chi connectivity index (χ3v) is 4.86. The minimum Gasteiger partial charge on any atom is -0.358 e. The predicted molar refractivity (Wildman–Crippen MR) is 45.9 cm³/mol. The average molecular weight is 183 g/mol. The molecule has 0 aromatic carbocycles. The van der Waals surface area contributed by atoms with Gasteiger partial charge in [-0.15, -0.1) is 0 Å². The third kappa shape index (κ3) is 3.56. The molecule has 0 N–H and O–H groups in total. The number of ether oxygens (including phenoxy) is 2. The zero-order chi connectivity index (χ0) is 7.98. The molecule has 0 aliphatic heterocycles. The Hall–Kier alpha value is 0.427. The molecule has 1 atom stereocenters. The Kier molecular flexibility index (Phi) is 6.42. The van der Waals surface area contributed by atoms with Gasteiger partial charge in [-0.25, -0.2) is 0 Å². The predicted octanol–water partition coefficient (Wildman–Crippen LogP) is 1.52. The molecule has 2 nitrogen and oxygen atoms in total. The van der Waals surface area contributed by atoms with E-state index in [2.05, 4.69) is 6.92 Å². The van der Waals surface area contributed by atoms with E-state index >= 15 is 0 Å². The molecule has 0 saturated carbocycles. The van der Waals surface area contributed by atoms with Crippen LogP contribution in [-0.4, -0.2) is 28.2 Å². The Labute approximate surface area is 68.8 Å². The lowest BCUT2D eigenvalue weighted by Gasteiger charge is -2.16. The quantitative estimate of drug-likeness (QED) is 0.365. The lowest BCUT2D eigenvalue weighted by molar-refractivity contribution is -0.0453. The van der Waals surface area contributed by atoms with Crippen molar-refractivity contribution < 1.29 is 9.47 Å². The maximum atomic E-state index is 6.04. The van der Waals surface area contributed by atoms with Gasteiger partial charge in [0.25, 0.3) is 0 Å². The van der Waals surface area contributed by atoms with Gasteiger partial charge in [0.2, 0.25) is 8.11 Å². The summed E-state index contributed by atoms with van der Waals surface area (Å²) >= 11 is 6.04. The summed E-state index contributed by atoms with van der Waals surface area (Å²) in [6, 6.07) is 1.06. The molecule has 0 aliphatic carbocycles. The van der Waals surface area contributed by atoms with E-state index in [0.717, 1.165) is 12.5 Å². The van der Waals surface area contributed by atoms with Crippen molar-refractivity contribution in [1.82, 2.24) is 0 Å². The fourth-order valence-electron chi connectivity index (χ4n) is 0.803. The Morgan fingerprint density at radius 3 is 2.20 bits per heavy atom. The van der Waals surface area contributed by atoms with Crippen LogP contribution in [-0.2, 0) is 9.47 Å². The SMILES string of the molecule is CCC[SiH](Cl)C(OC)OC. The molecule has 0 aromatic heterocycles. The molecular formula is C6H15ClO2Si. The van der Waals surface area contributed by atoms with E-state index in [0.29, 0.717) is 0 Å². The van der Waals surface area contributed by atoms with Crippen LogP contribution in [0.3, 0.4) is 0 Å². The number of hydrogen-bond acceptors (Lipinski definition) is 2. The summed E-state index contributed by atoms with van der Waals surface area (Å²) in [6.07, 6.45) is 1.11. The van der Waals surface area contributed by atoms with Crippen molar-refractivity contribution in [1.29, 1.82) is 0 Å². The maximum Gasteiger partial charge on any atom is 0.204 e. The smallest absolute Gasteiger partial charge is 0.204 e. The summed E-state index contributed by atoms with van der Waals surface area (Å²) in [5.74, 6) is -0.124. The maximum absolute atomic E-state index is 6.04. The van der Waals surface area contributed by atoms with E-state index in [-0.39, 0.29) is 5.91 Å². The molecule has 0 spiro atoms.